The minimum atomic E-state index is -0.422. The number of aromatic nitrogens is 2. The van der Waals surface area contributed by atoms with Crippen molar-refractivity contribution < 1.29 is 4.39 Å². The molecule has 29 heavy (non-hydrogen) atoms. The van der Waals surface area contributed by atoms with Gasteiger partial charge in [0.1, 0.15) is 11.6 Å². The number of halogens is 1. The summed E-state index contributed by atoms with van der Waals surface area (Å²) >= 11 is 0. The molecule has 0 atom stereocenters. The third-order valence-electron chi connectivity index (χ3n) is 4.58. The van der Waals surface area contributed by atoms with Crippen molar-refractivity contribution in [3.63, 3.8) is 0 Å². The van der Waals surface area contributed by atoms with Crippen molar-refractivity contribution in [3.05, 3.63) is 102 Å². The van der Waals surface area contributed by atoms with Gasteiger partial charge in [0.05, 0.1) is 17.8 Å². The van der Waals surface area contributed by atoms with Gasteiger partial charge in [0.2, 0.25) is 0 Å². The molecule has 1 aromatic heterocycles. The number of hydrogen-bond donors (Lipinski definition) is 1. The maximum Gasteiger partial charge on any atom is 0.149 e. The molecule has 4 rings (SSSR count). The summed E-state index contributed by atoms with van der Waals surface area (Å²) in [6.07, 6.45) is 1.70. The van der Waals surface area contributed by atoms with E-state index in [1.54, 1.807) is 12.3 Å². The van der Waals surface area contributed by atoms with Crippen LogP contribution in [-0.4, -0.2) is 10.2 Å². The van der Waals surface area contributed by atoms with E-state index in [-0.39, 0.29) is 0 Å². The van der Waals surface area contributed by atoms with Gasteiger partial charge in [-0.3, -0.25) is 0 Å². The normalized spacial score (nSPS) is 10.3. The number of rotatable bonds is 5. The van der Waals surface area contributed by atoms with Gasteiger partial charge < -0.3 is 5.32 Å². The van der Waals surface area contributed by atoms with Crippen LogP contribution < -0.4 is 5.32 Å². The Morgan fingerprint density at radius 2 is 1.69 bits per heavy atom. The van der Waals surface area contributed by atoms with E-state index in [0.717, 1.165) is 22.3 Å². The zero-order valence-corrected chi connectivity index (χ0v) is 15.5. The van der Waals surface area contributed by atoms with Crippen molar-refractivity contribution in [2.45, 2.75) is 6.54 Å². The number of nitrogens with zero attached hydrogens (tertiary/aromatic N) is 3. The smallest absolute Gasteiger partial charge is 0.149 e. The molecule has 140 valence electrons. The second kappa shape index (κ2) is 8.32. The molecule has 0 aliphatic carbocycles. The van der Waals surface area contributed by atoms with Gasteiger partial charge in [-0.15, -0.1) is 5.10 Å². The lowest BCUT2D eigenvalue weighted by molar-refractivity contribution is 0.627. The van der Waals surface area contributed by atoms with Crippen molar-refractivity contribution in [3.8, 4) is 28.3 Å². The zero-order chi connectivity index (χ0) is 20.1. The monoisotopic (exact) mass is 380 g/mol. The van der Waals surface area contributed by atoms with Crippen LogP contribution in [0.25, 0.3) is 22.3 Å². The van der Waals surface area contributed by atoms with E-state index in [9.17, 15) is 9.65 Å². The van der Waals surface area contributed by atoms with Crippen molar-refractivity contribution in [1.29, 1.82) is 5.26 Å². The molecule has 0 bridgehead atoms. The Bertz CT molecular complexity index is 1180. The molecular formula is C24H17FN4. The van der Waals surface area contributed by atoms with Gasteiger partial charge in [-0.05, 0) is 46.5 Å². The first-order chi connectivity index (χ1) is 14.2. The van der Waals surface area contributed by atoms with E-state index >= 15 is 0 Å². The van der Waals surface area contributed by atoms with Crippen LogP contribution in [0.2, 0.25) is 0 Å². The third kappa shape index (κ3) is 4.28. The number of nitrogens with one attached hydrogen (secondary N) is 1. The SMILES string of the molecule is N#Cc1cc(F)ccc1-c1cccc(-c2cnnc(NCc3ccccc3)c2)c1. The number of benzene rings is 3. The molecule has 3 aromatic carbocycles. The van der Waals surface area contributed by atoms with Crippen molar-refractivity contribution in [1.82, 2.24) is 10.2 Å². The summed E-state index contributed by atoms with van der Waals surface area (Å²) in [5.41, 5.74) is 4.84. The third-order valence-corrected chi connectivity index (χ3v) is 4.58. The van der Waals surface area contributed by atoms with Gasteiger partial charge in [-0.1, -0.05) is 54.6 Å². The molecule has 1 heterocycles. The molecule has 0 radical (unpaired) electrons. The molecule has 0 fully saturated rings. The van der Waals surface area contributed by atoms with Gasteiger partial charge >= 0.3 is 0 Å². The first-order valence-corrected chi connectivity index (χ1v) is 9.14. The highest BCUT2D eigenvalue weighted by Crippen LogP contribution is 2.29. The zero-order valence-electron chi connectivity index (χ0n) is 15.5. The molecule has 0 amide bonds. The maximum absolute atomic E-state index is 13.5. The Labute approximate surface area is 168 Å². The van der Waals surface area contributed by atoms with Crippen LogP contribution in [0.4, 0.5) is 10.2 Å². The van der Waals surface area contributed by atoms with Gasteiger partial charge in [-0.25, -0.2) is 4.39 Å². The average Bonchev–Trinajstić information content (AvgIpc) is 2.78. The molecule has 0 spiro atoms. The van der Waals surface area contributed by atoms with Gasteiger partial charge in [0.25, 0.3) is 0 Å². The first-order valence-electron chi connectivity index (χ1n) is 9.14. The Morgan fingerprint density at radius 1 is 0.862 bits per heavy atom. The maximum atomic E-state index is 13.5. The molecular weight excluding hydrogens is 363 g/mol. The van der Waals surface area contributed by atoms with Crippen LogP contribution >= 0.6 is 0 Å². The first kappa shape index (κ1) is 18.3. The van der Waals surface area contributed by atoms with E-state index in [4.69, 9.17) is 0 Å². The van der Waals surface area contributed by atoms with Crippen LogP contribution in [0.15, 0.2) is 85.1 Å². The fourth-order valence-electron chi connectivity index (χ4n) is 3.13. The average molecular weight is 380 g/mol. The Kier molecular flexibility index (Phi) is 5.26. The van der Waals surface area contributed by atoms with Crippen LogP contribution in [0.5, 0.6) is 0 Å². The lowest BCUT2D eigenvalue weighted by Gasteiger charge is -2.09. The number of nitriles is 1. The van der Waals surface area contributed by atoms with Crippen molar-refractivity contribution in [2.75, 3.05) is 5.32 Å². The van der Waals surface area contributed by atoms with Crippen LogP contribution in [-0.2, 0) is 6.54 Å². The summed E-state index contributed by atoms with van der Waals surface area (Å²) in [5, 5.41) is 20.9. The molecule has 1 N–H and O–H groups in total. The molecule has 0 unspecified atom stereocenters. The lowest BCUT2D eigenvalue weighted by Crippen LogP contribution is -2.02. The quantitative estimate of drug-likeness (QED) is 0.501. The topological polar surface area (TPSA) is 61.6 Å². The number of anilines is 1. The predicted octanol–water partition coefficient (Wildman–Crippen LogP) is 5.43. The number of hydrogen-bond acceptors (Lipinski definition) is 4. The molecule has 4 aromatic rings. The fourth-order valence-corrected chi connectivity index (χ4v) is 3.13. The van der Waals surface area contributed by atoms with Crippen molar-refractivity contribution in [2.24, 2.45) is 0 Å². The standard InChI is InChI=1S/C24H17FN4/c25-22-9-10-23(20(12-22)14-26)19-8-4-7-18(11-19)21-13-24(29-28-16-21)27-15-17-5-2-1-3-6-17/h1-13,16H,15H2,(H,27,29). The molecule has 4 nitrogen and oxygen atoms in total. The minimum absolute atomic E-state index is 0.306. The highest BCUT2D eigenvalue weighted by Gasteiger charge is 2.09. The van der Waals surface area contributed by atoms with E-state index in [1.807, 2.05) is 60.7 Å². The summed E-state index contributed by atoms with van der Waals surface area (Å²) < 4.78 is 13.5. The minimum Gasteiger partial charge on any atom is -0.364 e. The fraction of sp³-hybridized carbons (Fsp3) is 0.0417. The highest BCUT2D eigenvalue weighted by molar-refractivity contribution is 5.76. The summed E-state index contributed by atoms with van der Waals surface area (Å²) in [6.45, 7) is 0.653. The Hall–Kier alpha value is -4.04. The largest absolute Gasteiger partial charge is 0.364 e. The molecule has 0 aliphatic rings. The van der Waals surface area contributed by atoms with Crippen LogP contribution in [0, 0.1) is 17.1 Å². The molecule has 5 heteroatoms. The molecule has 0 saturated carbocycles. The Morgan fingerprint density at radius 3 is 2.52 bits per heavy atom. The lowest BCUT2D eigenvalue weighted by atomic mass is 9.97. The Balaban J connectivity index is 1.61. The van der Waals surface area contributed by atoms with Gasteiger partial charge in [-0.2, -0.15) is 10.4 Å². The summed E-state index contributed by atoms with van der Waals surface area (Å²) in [5.74, 6) is 0.255. The summed E-state index contributed by atoms with van der Waals surface area (Å²) in [4.78, 5) is 0. The van der Waals surface area contributed by atoms with Crippen LogP contribution in [0.3, 0.4) is 0 Å². The highest BCUT2D eigenvalue weighted by atomic mass is 19.1. The van der Waals surface area contributed by atoms with Crippen molar-refractivity contribution >= 4 is 5.82 Å². The molecule has 0 saturated heterocycles. The van der Waals surface area contributed by atoms with E-state index in [1.165, 1.54) is 12.1 Å². The second-order valence-corrected chi connectivity index (χ2v) is 6.55. The van der Waals surface area contributed by atoms with Gasteiger partial charge in [0, 0.05) is 12.1 Å². The van der Waals surface area contributed by atoms with E-state index in [2.05, 4.69) is 21.6 Å². The second-order valence-electron chi connectivity index (χ2n) is 6.55. The van der Waals surface area contributed by atoms with Crippen LogP contribution in [0.1, 0.15) is 11.1 Å². The predicted molar refractivity (Wildman–Crippen MR) is 111 cm³/mol. The molecule has 0 aliphatic heterocycles. The summed E-state index contributed by atoms with van der Waals surface area (Å²) in [6, 6.07) is 26.1. The van der Waals surface area contributed by atoms with Gasteiger partial charge in [0.15, 0.2) is 0 Å². The summed E-state index contributed by atoms with van der Waals surface area (Å²) in [7, 11) is 0. The van der Waals surface area contributed by atoms with E-state index < -0.39 is 5.82 Å². The van der Waals surface area contributed by atoms with E-state index in [0.29, 0.717) is 23.5 Å².